The van der Waals surface area contributed by atoms with Gasteiger partial charge in [-0.1, -0.05) is 42.5 Å². The lowest BCUT2D eigenvalue weighted by Crippen LogP contribution is -2.23. The van der Waals surface area contributed by atoms with Crippen molar-refractivity contribution < 1.29 is 4.74 Å². The minimum atomic E-state index is -0.0836. The van der Waals surface area contributed by atoms with E-state index in [0.717, 1.165) is 35.3 Å². The number of anilines is 3. The predicted octanol–water partition coefficient (Wildman–Crippen LogP) is 4.05. The van der Waals surface area contributed by atoms with Gasteiger partial charge >= 0.3 is 0 Å². The zero-order valence-corrected chi connectivity index (χ0v) is 22.2. The van der Waals surface area contributed by atoms with Gasteiger partial charge in [0, 0.05) is 12.1 Å². The van der Waals surface area contributed by atoms with Crippen molar-refractivity contribution in [3.05, 3.63) is 95.3 Å². The number of nitrogens with zero attached hydrogens (tertiary/aromatic N) is 3. The van der Waals surface area contributed by atoms with Crippen molar-refractivity contribution >= 4 is 17.3 Å². The quantitative estimate of drug-likeness (QED) is 0.145. The fourth-order valence-corrected chi connectivity index (χ4v) is 5.70. The van der Waals surface area contributed by atoms with E-state index in [1.54, 1.807) is 6.07 Å². The summed E-state index contributed by atoms with van der Waals surface area (Å²) < 4.78 is 8.45. The van der Waals surface area contributed by atoms with Crippen LogP contribution in [-0.4, -0.2) is 27.4 Å². The maximum absolute atomic E-state index is 6.53. The van der Waals surface area contributed by atoms with Crippen LogP contribution in [-0.2, 0) is 13.0 Å². The second kappa shape index (κ2) is 12.2. The van der Waals surface area contributed by atoms with Crippen LogP contribution in [0.1, 0.15) is 53.9 Å². The first-order valence-electron chi connectivity index (χ1n) is 13.6. The molecule has 0 aliphatic heterocycles. The molecule has 9 heteroatoms. The topological polar surface area (TPSA) is 156 Å². The van der Waals surface area contributed by atoms with Crippen molar-refractivity contribution in [1.29, 1.82) is 0 Å². The molecule has 3 atom stereocenters. The van der Waals surface area contributed by atoms with Crippen molar-refractivity contribution in [1.82, 2.24) is 14.8 Å². The van der Waals surface area contributed by atoms with Gasteiger partial charge in [-0.3, -0.25) is 4.68 Å². The smallest absolute Gasteiger partial charge is 0.165 e. The molecule has 2 heterocycles. The summed E-state index contributed by atoms with van der Waals surface area (Å²) in [5.41, 5.74) is 25.7. The van der Waals surface area contributed by atoms with Crippen molar-refractivity contribution in [3.63, 3.8) is 0 Å². The number of nitrogens with two attached hydrogens (primary N) is 4. The number of pyridine rings is 1. The molecule has 0 amide bonds. The highest BCUT2D eigenvalue weighted by atomic mass is 16.5. The summed E-state index contributed by atoms with van der Waals surface area (Å²) in [7, 11) is 0. The summed E-state index contributed by atoms with van der Waals surface area (Å²) >= 11 is 0. The average Bonchev–Trinajstić information content (AvgIpc) is 3.58. The Kier molecular flexibility index (Phi) is 8.29. The van der Waals surface area contributed by atoms with Gasteiger partial charge in [-0.25, -0.2) is 10.8 Å². The molecule has 1 aliphatic rings. The molecule has 39 heavy (non-hydrogen) atoms. The molecule has 1 fully saturated rings. The molecule has 5 rings (SSSR count). The molecule has 3 unspecified atom stereocenters. The van der Waals surface area contributed by atoms with Gasteiger partial charge < -0.3 is 27.4 Å². The average molecular weight is 527 g/mol. The van der Waals surface area contributed by atoms with Gasteiger partial charge in [-0.2, -0.15) is 5.10 Å². The van der Waals surface area contributed by atoms with Crippen LogP contribution in [0, 0.1) is 5.92 Å². The van der Waals surface area contributed by atoms with Crippen LogP contribution < -0.4 is 33.2 Å². The largest absolute Gasteiger partial charge is 0.490 e. The Balaban J connectivity index is 1.29. The molecule has 0 radical (unpaired) electrons. The van der Waals surface area contributed by atoms with Gasteiger partial charge in [0.05, 0.1) is 18.4 Å². The lowest BCUT2D eigenvalue weighted by Gasteiger charge is -2.22. The Morgan fingerprint density at radius 2 is 1.85 bits per heavy atom. The monoisotopic (exact) mass is 526 g/mol. The Morgan fingerprint density at radius 1 is 1.03 bits per heavy atom. The van der Waals surface area contributed by atoms with Crippen LogP contribution in [0.15, 0.2) is 73.1 Å². The van der Waals surface area contributed by atoms with E-state index in [9.17, 15) is 0 Å². The number of aromatic nitrogens is 3. The first-order valence-corrected chi connectivity index (χ1v) is 13.6. The van der Waals surface area contributed by atoms with E-state index in [1.807, 2.05) is 23.1 Å². The van der Waals surface area contributed by atoms with Gasteiger partial charge in [-0.05, 0) is 85.0 Å². The fourth-order valence-electron chi connectivity index (χ4n) is 5.70. The van der Waals surface area contributed by atoms with Gasteiger partial charge in [0.1, 0.15) is 17.7 Å². The maximum Gasteiger partial charge on any atom is 0.165 e. The molecular formula is C30H38N8O. The molecule has 0 saturated heterocycles. The van der Waals surface area contributed by atoms with Crippen molar-refractivity contribution in [2.24, 2.45) is 17.5 Å². The molecule has 9 N–H and O–H groups in total. The molecular weight excluding hydrogens is 488 g/mol. The summed E-state index contributed by atoms with van der Waals surface area (Å²) in [6.07, 6.45) is 9.37. The first kappa shape index (κ1) is 26.5. The SMILES string of the molecule is NCCC(c1cnn(Cc2cccc(OC3CCCC3Cc3ccccc3)c2)c1)c1cc(N)nc(NN)c1N. The normalized spacial score (nSPS) is 17.7. The molecule has 1 saturated carbocycles. The van der Waals surface area contributed by atoms with Crippen LogP contribution in [0.4, 0.5) is 17.3 Å². The summed E-state index contributed by atoms with van der Waals surface area (Å²) in [4.78, 5) is 4.17. The highest BCUT2D eigenvalue weighted by Crippen LogP contribution is 2.36. The van der Waals surface area contributed by atoms with Gasteiger partial charge in [0.25, 0.3) is 0 Å². The first-order chi connectivity index (χ1) is 19.0. The molecule has 0 bridgehead atoms. The van der Waals surface area contributed by atoms with Crippen LogP contribution in [0.2, 0.25) is 0 Å². The third kappa shape index (κ3) is 6.32. The molecule has 9 nitrogen and oxygen atoms in total. The molecule has 2 aromatic heterocycles. The number of ether oxygens (including phenoxy) is 1. The highest BCUT2D eigenvalue weighted by molar-refractivity contribution is 5.70. The second-order valence-corrected chi connectivity index (χ2v) is 10.3. The lowest BCUT2D eigenvalue weighted by atomic mass is 9.89. The molecule has 2 aromatic carbocycles. The highest BCUT2D eigenvalue weighted by Gasteiger charge is 2.29. The minimum Gasteiger partial charge on any atom is -0.490 e. The van der Waals surface area contributed by atoms with E-state index in [0.29, 0.717) is 42.8 Å². The number of hydrazine groups is 1. The van der Waals surface area contributed by atoms with E-state index in [1.165, 1.54) is 18.4 Å². The fraction of sp³-hybridized carbons (Fsp3) is 0.333. The van der Waals surface area contributed by atoms with Gasteiger partial charge in [-0.15, -0.1) is 0 Å². The van der Waals surface area contributed by atoms with Crippen LogP contribution in [0.3, 0.4) is 0 Å². The standard InChI is InChI=1S/C30H38N8O/c31-13-12-25(26-16-28(32)36-30(37-34)29(26)33)23-17-35-38(19-23)18-21-8-4-10-24(15-21)39-27-11-5-9-22(27)14-20-6-2-1-3-7-20/h1-4,6-8,10,15-17,19,22,25,27H,5,9,11-14,18,31,33-34H2,(H3,32,36,37). The Morgan fingerprint density at radius 3 is 2.64 bits per heavy atom. The van der Waals surface area contributed by atoms with E-state index >= 15 is 0 Å². The van der Waals surface area contributed by atoms with E-state index < -0.39 is 0 Å². The van der Waals surface area contributed by atoms with Crippen LogP contribution in [0.25, 0.3) is 0 Å². The van der Waals surface area contributed by atoms with Gasteiger partial charge in [0.15, 0.2) is 5.82 Å². The molecule has 4 aromatic rings. The van der Waals surface area contributed by atoms with E-state index in [2.05, 4.69) is 64.0 Å². The number of nitrogens with one attached hydrogen (secondary N) is 1. The van der Waals surface area contributed by atoms with Crippen molar-refractivity contribution in [3.8, 4) is 5.75 Å². The molecule has 0 spiro atoms. The van der Waals surface area contributed by atoms with Crippen LogP contribution in [0.5, 0.6) is 5.75 Å². The number of hydrogen-bond acceptors (Lipinski definition) is 8. The Labute approximate surface area is 229 Å². The molecule has 1 aliphatic carbocycles. The predicted molar refractivity (Wildman–Crippen MR) is 156 cm³/mol. The summed E-state index contributed by atoms with van der Waals surface area (Å²) in [6.45, 7) is 1.10. The minimum absolute atomic E-state index is 0.0836. The zero-order chi connectivity index (χ0) is 27.2. The maximum atomic E-state index is 6.53. The Hall–Kier alpha value is -4.08. The Bertz CT molecular complexity index is 1370. The number of rotatable bonds is 11. The third-order valence-corrected chi connectivity index (χ3v) is 7.59. The van der Waals surface area contributed by atoms with Gasteiger partial charge in [0.2, 0.25) is 0 Å². The van der Waals surface area contributed by atoms with Crippen LogP contribution >= 0.6 is 0 Å². The second-order valence-electron chi connectivity index (χ2n) is 10.3. The van der Waals surface area contributed by atoms with Crippen molar-refractivity contribution in [2.75, 3.05) is 23.4 Å². The number of hydrogen-bond donors (Lipinski definition) is 5. The molecule has 204 valence electrons. The van der Waals surface area contributed by atoms with E-state index in [-0.39, 0.29) is 12.0 Å². The summed E-state index contributed by atoms with van der Waals surface area (Å²) in [5, 5.41) is 4.63. The summed E-state index contributed by atoms with van der Waals surface area (Å²) in [6, 6.07) is 20.8. The van der Waals surface area contributed by atoms with Crippen molar-refractivity contribution in [2.45, 2.75) is 50.7 Å². The lowest BCUT2D eigenvalue weighted by molar-refractivity contribution is 0.158. The number of benzene rings is 2. The summed E-state index contributed by atoms with van der Waals surface area (Å²) in [5.74, 6) is 7.65. The zero-order valence-electron chi connectivity index (χ0n) is 22.2. The van der Waals surface area contributed by atoms with E-state index in [4.69, 9.17) is 27.8 Å². The third-order valence-electron chi connectivity index (χ3n) is 7.59. The number of nitrogen functional groups attached to an aromatic ring is 3.